The second-order valence-corrected chi connectivity index (χ2v) is 4.97. The summed E-state index contributed by atoms with van der Waals surface area (Å²) in [5, 5.41) is 21.9. The number of phenols is 1. The average Bonchev–Trinajstić information content (AvgIpc) is 2.27. The molecule has 0 saturated heterocycles. The van der Waals surface area contributed by atoms with E-state index in [0.717, 1.165) is 0 Å². The van der Waals surface area contributed by atoms with Crippen LogP contribution in [-0.4, -0.2) is 22.2 Å². The minimum Gasteiger partial charge on any atom is -0.508 e. The van der Waals surface area contributed by atoms with Gasteiger partial charge in [-0.25, -0.2) is 0 Å². The molecule has 18 heavy (non-hydrogen) atoms. The monoisotopic (exact) mass is 251 g/mol. The van der Waals surface area contributed by atoms with E-state index < -0.39 is 12.0 Å². The first-order chi connectivity index (χ1) is 8.41. The first kappa shape index (κ1) is 14.5. The SMILES string of the molecule is CC(C)CC(NC(C)c1ccccc1O)C(=O)O. The van der Waals surface area contributed by atoms with Gasteiger partial charge in [0.05, 0.1) is 0 Å². The highest BCUT2D eigenvalue weighted by molar-refractivity contribution is 5.73. The van der Waals surface area contributed by atoms with Crippen molar-refractivity contribution < 1.29 is 15.0 Å². The van der Waals surface area contributed by atoms with Gasteiger partial charge in [0, 0.05) is 11.6 Å². The van der Waals surface area contributed by atoms with Gasteiger partial charge in [-0.3, -0.25) is 10.1 Å². The van der Waals surface area contributed by atoms with Crippen LogP contribution in [0, 0.1) is 5.92 Å². The smallest absolute Gasteiger partial charge is 0.320 e. The number of para-hydroxylation sites is 1. The topological polar surface area (TPSA) is 69.6 Å². The van der Waals surface area contributed by atoms with Gasteiger partial charge < -0.3 is 10.2 Å². The average molecular weight is 251 g/mol. The molecule has 0 spiro atoms. The Balaban J connectivity index is 2.75. The Morgan fingerprint density at radius 3 is 2.39 bits per heavy atom. The molecule has 0 heterocycles. The summed E-state index contributed by atoms with van der Waals surface area (Å²) in [6, 6.07) is 6.16. The standard InChI is InChI=1S/C14H21NO3/c1-9(2)8-12(14(17)18)15-10(3)11-6-4-5-7-13(11)16/h4-7,9-10,12,15-16H,8H2,1-3H3,(H,17,18). The molecule has 0 fully saturated rings. The van der Waals surface area contributed by atoms with Crippen LogP contribution >= 0.6 is 0 Å². The number of rotatable bonds is 6. The summed E-state index contributed by atoms with van der Waals surface area (Å²) in [5.74, 6) is -0.368. The van der Waals surface area contributed by atoms with Crippen LogP contribution in [0.2, 0.25) is 0 Å². The van der Waals surface area contributed by atoms with Crippen molar-refractivity contribution in [2.45, 2.75) is 39.3 Å². The van der Waals surface area contributed by atoms with Crippen molar-refractivity contribution in [1.29, 1.82) is 0 Å². The lowest BCUT2D eigenvalue weighted by Gasteiger charge is -2.22. The largest absolute Gasteiger partial charge is 0.508 e. The van der Waals surface area contributed by atoms with Crippen molar-refractivity contribution in [3.05, 3.63) is 29.8 Å². The molecule has 0 bridgehead atoms. The summed E-state index contributed by atoms with van der Waals surface area (Å²) < 4.78 is 0. The highest BCUT2D eigenvalue weighted by Gasteiger charge is 2.22. The Labute approximate surface area is 108 Å². The fourth-order valence-electron chi connectivity index (χ4n) is 1.96. The summed E-state index contributed by atoms with van der Waals surface area (Å²) in [6.45, 7) is 5.83. The number of carboxylic acid groups (broad SMARTS) is 1. The van der Waals surface area contributed by atoms with Crippen molar-refractivity contribution in [3.8, 4) is 5.75 Å². The molecule has 1 rings (SSSR count). The predicted molar refractivity (Wildman–Crippen MR) is 70.5 cm³/mol. The second-order valence-electron chi connectivity index (χ2n) is 4.97. The fourth-order valence-corrected chi connectivity index (χ4v) is 1.96. The highest BCUT2D eigenvalue weighted by Crippen LogP contribution is 2.24. The third-order valence-electron chi connectivity index (χ3n) is 2.86. The Bertz CT molecular complexity index is 404. The van der Waals surface area contributed by atoms with Crippen molar-refractivity contribution >= 4 is 5.97 Å². The third-order valence-corrected chi connectivity index (χ3v) is 2.86. The van der Waals surface area contributed by atoms with Gasteiger partial charge in [-0.05, 0) is 25.3 Å². The molecule has 0 aliphatic heterocycles. The molecule has 0 radical (unpaired) electrons. The maximum Gasteiger partial charge on any atom is 0.320 e. The molecule has 4 heteroatoms. The molecule has 0 aliphatic rings. The van der Waals surface area contributed by atoms with E-state index in [1.165, 1.54) is 0 Å². The minimum atomic E-state index is -0.856. The Morgan fingerprint density at radius 2 is 1.89 bits per heavy atom. The van der Waals surface area contributed by atoms with Crippen LogP contribution in [0.1, 0.15) is 38.8 Å². The maximum absolute atomic E-state index is 11.2. The third kappa shape index (κ3) is 4.04. The summed E-state index contributed by atoms with van der Waals surface area (Å²) in [4.78, 5) is 11.2. The number of phenolic OH excluding ortho intramolecular Hbond substituents is 1. The van der Waals surface area contributed by atoms with Gasteiger partial charge in [0.1, 0.15) is 11.8 Å². The number of carboxylic acids is 1. The molecule has 0 amide bonds. The van der Waals surface area contributed by atoms with Crippen LogP contribution in [0.4, 0.5) is 0 Å². The van der Waals surface area contributed by atoms with Gasteiger partial charge in [-0.1, -0.05) is 32.0 Å². The van der Waals surface area contributed by atoms with Crippen molar-refractivity contribution in [1.82, 2.24) is 5.32 Å². The number of aliphatic carboxylic acids is 1. The zero-order valence-corrected chi connectivity index (χ0v) is 11.1. The van der Waals surface area contributed by atoms with Crippen LogP contribution in [0.3, 0.4) is 0 Å². The molecule has 1 aromatic rings. The Hall–Kier alpha value is -1.55. The summed E-state index contributed by atoms with van der Waals surface area (Å²) in [5.41, 5.74) is 0.715. The second kappa shape index (κ2) is 6.40. The van der Waals surface area contributed by atoms with Gasteiger partial charge in [0.25, 0.3) is 0 Å². The number of aromatic hydroxyl groups is 1. The molecular weight excluding hydrogens is 230 g/mol. The van der Waals surface area contributed by atoms with Crippen molar-refractivity contribution in [2.24, 2.45) is 5.92 Å². The molecule has 100 valence electrons. The zero-order valence-electron chi connectivity index (χ0n) is 11.1. The minimum absolute atomic E-state index is 0.186. The Kier molecular flexibility index (Phi) is 5.16. The quantitative estimate of drug-likeness (QED) is 0.726. The van der Waals surface area contributed by atoms with E-state index in [1.54, 1.807) is 18.2 Å². The van der Waals surface area contributed by atoms with Crippen molar-refractivity contribution in [3.63, 3.8) is 0 Å². The van der Waals surface area contributed by atoms with Crippen molar-refractivity contribution in [2.75, 3.05) is 0 Å². The lowest BCUT2D eigenvalue weighted by atomic mass is 10.0. The summed E-state index contributed by atoms with van der Waals surface area (Å²) in [7, 11) is 0. The molecule has 0 aromatic heterocycles. The van der Waals surface area contributed by atoms with E-state index in [0.29, 0.717) is 17.9 Å². The van der Waals surface area contributed by atoms with E-state index in [2.05, 4.69) is 5.32 Å². The Morgan fingerprint density at radius 1 is 1.28 bits per heavy atom. The highest BCUT2D eigenvalue weighted by atomic mass is 16.4. The van der Waals surface area contributed by atoms with E-state index in [9.17, 15) is 9.90 Å². The van der Waals surface area contributed by atoms with Crippen LogP contribution < -0.4 is 5.32 Å². The predicted octanol–water partition coefficient (Wildman–Crippen LogP) is 2.54. The van der Waals surface area contributed by atoms with E-state index in [1.807, 2.05) is 26.8 Å². The molecule has 0 aliphatic carbocycles. The molecule has 2 atom stereocenters. The van der Waals surface area contributed by atoms with Gasteiger partial charge in [-0.15, -0.1) is 0 Å². The van der Waals surface area contributed by atoms with Crippen LogP contribution in [0.15, 0.2) is 24.3 Å². The van der Waals surface area contributed by atoms with E-state index in [-0.39, 0.29) is 11.8 Å². The maximum atomic E-state index is 11.2. The molecule has 3 N–H and O–H groups in total. The number of carbonyl (C=O) groups is 1. The summed E-state index contributed by atoms with van der Waals surface area (Å²) >= 11 is 0. The lowest BCUT2D eigenvalue weighted by Crippen LogP contribution is -2.39. The molecule has 1 aromatic carbocycles. The van der Waals surface area contributed by atoms with Gasteiger partial charge >= 0.3 is 5.97 Å². The van der Waals surface area contributed by atoms with E-state index in [4.69, 9.17) is 5.11 Å². The summed E-state index contributed by atoms with van der Waals surface area (Å²) in [6.07, 6.45) is 0.563. The number of benzene rings is 1. The number of nitrogens with one attached hydrogen (secondary N) is 1. The zero-order chi connectivity index (χ0) is 13.7. The molecule has 0 saturated carbocycles. The lowest BCUT2D eigenvalue weighted by molar-refractivity contribution is -0.140. The first-order valence-corrected chi connectivity index (χ1v) is 6.18. The first-order valence-electron chi connectivity index (χ1n) is 6.18. The van der Waals surface area contributed by atoms with Crippen LogP contribution in [0.25, 0.3) is 0 Å². The van der Waals surface area contributed by atoms with Gasteiger partial charge in [0.15, 0.2) is 0 Å². The van der Waals surface area contributed by atoms with Gasteiger partial charge in [-0.2, -0.15) is 0 Å². The fraction of sp³-hybridized carbons (Fsp3) is 0.500. The molecular formula is C14H21NO3. The number of hydrogen-bond donors (Lipinski definition) is 3. The normalized spacial score (nSPS) is 14.4. The number of hydrogen-bond acceptors (Lipinski definition) is 3. The van der Waals surface area contributed by atoms with E-state index >= 15 is 0 Å². The van der Waals surface area contributed by atoms with Gasteiger partial charge in [0.2, 0.25) is 0 Å². The molecule has 4 nitrogen and oxygen atoms in total. The molecule has 2 unspecified atom stereocenters. The van der Waals surface area contributed by atoms with Crippen LogP contribution in [0.5, 0.6) is 5.75 Å². The van der Waals surface area contributed by atoms with Crippen LogP contribution in [-0.2, 0) is 4.79 Å².